The fourth-order valence-electron chi connectivity index (χ4n) is 5.99. The first kappa shape index (κ1) is 22.0. The molecule has 2 aliphatic rings. The van der Waals surface area contributed by atoms with Crippen LogP contribution in [0.5, 0.6) is 0 Å². The summed E-state index contributed by atoms with van der Waals surface area (Å²) in [7, 11) is -2.00. The second-order valence-electron chi connectivity index (χ2n) is 10.2. The Labute approximate surface area is 159 Å². The molecule has 0 aliphatic carbocycles. The number of hydrogen-bond acceptors (Lipinski definition) is 1. The van der Waals surface area contributed by atoms with Gasteiger partial charge in [-0.2, -0.15) is 0 Å². The topological polar surface area (TPSA) is 17.1 Å². The first-order valence-electron chi connectivity index (χ1n) is 10.9. The van der Waals surface area contributed by atoms with Gasteiger partial charge in [-0.3, -0.25) is 0 Å². The molecule has 0 radical (unpaired) electrons. The molecule has 148 valence electrons. The van der Waals surface area contributed by atoms with Crippen LogP contribution in [0.4, 0.5) is 0 Å². The van der Waals surface area contributed by atoms with Crippen molar-refractivity contribution in [2.24, 2.45) is 23.7 Å². The van der Waals surface area contributed by atoms with Gasteiger partial charge in [0.05, 0.1) is 7.14 Å². The lowest BCUT2D eigenvalue weighted by Crippen LogP contribution is -2.23. The third-order valence-corrected chi connectivity index (χ3v) is 16.7. The van der Waals surface area contributed by atoms with Crippen molar-refractivity contribution < 1.29 is 4.57 Å². The van der Waals surface area contributed by atoms with Crippen molar-refractivity contribution in [3.05, 3.63) is 0 Å². The molecule has 0 bridgehead atoms. The summed E-state index contributed by atoms with van der Waals surface area (Å²) < 4.78 is 14.3. The summed E-state index contributed by atoms with van der Waals surface area (Å²) in [5, 5.41) is 0. The van der Waals surface area contributed by atoms with Crippen molar-refractivity contribution in [3.63, 3.8) is 0 Å². The van der Waals surface area contributed by atoms with Gasteiger partial charge < -0.3 is 4.57 Å². The highest BCUT2D eigenvalue weighted by Crippen LogP contribution is 2.69. The Morgan fingerprint density at radius 1 is 0.720 bits per heavy atom. The highest BCUT2D eigenvalue weighted by atomic mass is 31.2. The second kappa shape index (κ2) is 8.78. The van der Waals surface area contributed by atoms with Crippen molar-refractivity contribution in [1.82, 2.24) is 0 Å². The Morgan fingerprint density at radius 2 is 1.12 bits per heavy atom. The van der Waals surface area contributed by atoms with E-state index in [0.717, 1.165) is 29.3 Å². The van der Waals surface area contributed by atoms with Crippen LogP contribution in [0.3, 0.4) is 0 Å². The molecule has 25 heavy (non-hydrogen) atoms. The van der Waals surface area contributed by atoms with Crippen LogP contribution in [-0.4, -0.2) is 35.0 Å². The monoisotopic (exact) mass is 386 g/mol. The van der Waals surface area contributed by atoms with Crippen LogP contribution in [0.15, 0.2) is 0 Å². The Morgan fingerprint density at radius 3 is 1.44 bits per heavy atom. The van der Waals surface area contributed by atoms with Crippen molar-refractivity contribution in [2.45, 2.75) is 104 Å². The standard InChI is InChI=1S/C22H44OP2/c1-15(2)19-9-10-20(16(3)4)24(19)13-14-25(23)21(17(5)6)11-12-22(25)18(7)8/h15-22H,9-14H2,1-8H3/t19-,20-,21-,22-/m0/s1. The van der Waals surface area contributed by atoms with Gasteiger partial charge in [0.15, 0.2) is 0 Å². The lowest BCUT2D eigenvalue weighted by Gasteiger charge is -2.35. The maximum Gasteiger partial charge on any atom is 0.0944 e. The molecule has 0 aromatic carbocycles. The summed E-state index contributed by atoms with van der Waals surface area (Å²) in [5.74, 6) is 2.79. The molecule has 4 atom stereocenters. The first-order chi connectivity index (χ1) is 11.6. The highest BCUT2D eigenvalue weighted by Gasteiger charge is 2.49. The van der Waals surface area contributed by atoms with Gasteiger partial charge in [0, 0.05) is 17.5 Å². The molecule has 2 fully saturated rings. The average Bonchev–Trinajstić information content (AvgIpc) is 3.06. The summed E-state index contributed by atoms with van der Waals surface area (Å²) in [6, 6.07) is 0. The molecule has 0 aromatic heterocycles. The lowest BCUT2D eigenvalue weighted by atomic mass is 10.0. The zero-order valence-corrected chi connectivity index (χ0v) is 20.0. The molecule has 0 aromatic rings. The Balaban J connectivity index is 2.18. The second-order valence-corrected chi connectivity index (χ2v) is 16.5. The van der Waals surface area contributed by atoms with Crippen LogP contribution in [0.2, 0.25) is 0 Å². The van der Waals surface area contributed by atoms with E-state index in [4.69, 9.17) is 0 Å². The summed E-state index contributed by atoms with van der Waals surface area (Å²) in [6.45, 7) is 19.0. The highest BCUT2D eigenvalue weighted by molar-refractivity contribution is 7.67. The van der Waals surface area contributed by atoms with Crippen LogP contribution in [0.1, 0.15) is 81.1 Å². The summed E-state index contributed by atoms with van der Waals surface area (Å²) in [6.07, 6.45) is 7.66. The molecule has 2 aliphatic heterocycles. The largest absolute Gasteiger partial charge is 0.323 e. The Hall–Kier alpha value is 0.660. The zero-order valence-electron chi connectivity index (χ0n) is 18.2. The van der Waals surface area contributed by atoms with E-state index in [1.165, 1.54) is 31.8 Å². The lowest BCUT2D eigenvalue weighted by molar-refractivity contribution is 0.528. The van der Waals surface area contributed by atoms with Crippen LogP contribution in [0, 0.1) is 23.7 Å². The Kier molecular flexibility index (Phi) is 7.71. The SMILES string of the molecule is CC(C)[C@@H]1CC[C@@H](C(C)C)P1CCP1(=O)[C@H](C(C)C)CC[C@H]1C(C)C. The molecular formula is C22H44OP2. The van der Waals surface area contributed by atoms with Crippen molar-refractivity contribution in [1.29, 1.82) is 0 Å². The van der Waals surface area contributed by atoms with E-state index >= 15 is 0 Å². The number of rotatable bonds is 7. The molecule has 0 saturated carbocycles. The third-order valence-electron chi connectivity index (χ3n) is 7.28. The van der Waals surface area contributed by atoms with Gasteiger partial charge >= 0.3 is 0 Å². The molecule has 2 rings (SSSR count). The predicted molar refractivity (Wildman–Crippen MR) is 117 cm³/mol. The summed E-state index contributed by atoms with van der Waals surface area (Å²) in [4.78, 5) is 0. The van der Waals surface area contributed by atoms with Gasteiger partial charge in [0.25, 0.3) is 0 Å². The zero-order chi connectivity index (χ0) is 18.9. The number of hydrogen-bond donors (Lipinski definition) is 0. The maximum atomic E-state index is 14.3. The van der Waals surface area contributed by atoms with Gasteiger partial charge in [-0.15, -0.1) is 0 Å². The molecule has 1 nitrogen and oxygen atoms in total. The van der Waals surface area contributed by atoms with Gasteiger partial charge in [-0.1, -0.05) is 63.3 Å². The summed E-state index contributed by atoms with van der Waals surface area (Å²) >= 11 is 0. The molecule has 0 amide bonds. The summed E-state index contributed by atoms with van der Waals surface area (Å²) in [5.41, 5.74) is 2.86. The van der Waals surface area contributed by atoms with E-state index in [1.54, 1.807) is 0 Å². The van der Waals surface area contributed by atoms with Gasteiger partial charge in [-0.25, -0.2) is 0 Å². The molecular weight excluding hydrogens is 342 g/mol. The normalized spacial score (nSPS) is 33.4. The smallest absolute Gasteiger partial charge is 0.0944 e. The third kappa shape index (κ3) is 4.57. The fourth-order valence-corrected chi connectivity index (χ4v) is 16.2. The average molecular weight is 387 g/mol. The van der Waals surface area contributed by atoms with E-state index in [0.29, 0.717) is 23.2 Å². The molecule has 3 heteroatoms. The first-order valence-corrected chi connectivity index (χ1v) is 14.6. The van der Waals surface area contributed by atoms with Crippen LogP contribution < -0.4 is 0 Å². The van der Waals surface area contributed by atoms with E-state index < -0.39 is 7.14 Å². The van der Waals surface area contributed by atoms with E-state index in [-0.39, 0.29) is 7.92 Å². The van der Waals surface area contributed by atoms with Crippen LogP contribution in [0.25, 0.3) is 0 Å². The van der Waals surface area contributed by atoms with Gasteiger partial charge in [-0.05, 0) is 66.8 Å². The fraction of sp³-hybridized carbons (Fsp3) is 1.00. The van der Waals surface area contributed by atoms with E-state index in [1.807, 2.05) is 0 Å². The van der Waals surface area contributed by atoms with Gasteiger partial charge in [0.1, 0.15) is 0 Å². The van der Waals surface area contributed by atoms with E-state index in [2.05, 4.69) is 55.4 Å². The molecule has 0 N–H and O–H groups in total. The van der Waals surface area contributed by atoms with Crippen molar-refractivity contribution in [2.75, 3.05) is 12.3 Å². The van der Waals surface area contributed by atoms with Gasteiger partial charge in [0.2, 0.25) is 0 Å². The van der Waals surface area contributed by atoms with Crippen molar-refractivity contribution in [3.8, 4) is 0 Å². The minimum Gasteiger partial charge on any atom is -0.323 e. The van der Waals surface area contributed by atoms with E-state index in [9.17, 15) is 4.57 Å². The molecule has 2 heterocycles. The molecule has 2 saturated heterocycles. The predicted octanol–water partition coefficient (Wildman–Crippen LogP) is 7.52. The van der Waals surface area contributed by atoms with Crippen molar-refractivity contribution >= 4 is 15.1 Å². The maximum absolute atomic E-state index is 14.3. The van der Waals surface area contributed by atoms with Crippen LogP contribution in [-0.2, 0) is 4.57 Å². The quantitative estimate of drug-likeness (QED) is 0.414. The molecule has 0 spiro atoms. The minimum atomic E-state index is -2.05. The van der Waals surface area contributed by atoms with Crippen LogP contribution >= 0.6 is 15.1 Å². The minimum absolute atomic E-state index is 0.0522. The Bertz CT molecular complexity index is 433. The molecule has 0 unspecified atom stereocenters.